The minimum Gasteiger partial charge on any atom is -0.497 e. The van der Waals surface area contributed by atoms with Crippen molar-refractivity contribution in [2.24, 2.45) is 0 Å². The van der Waals surface area contributed by atoms with Gasteiger partial charge in [0.25, 0.3) is 0 Å². The van der Waals surface area contributed by atoms with Gasteiger partial charge in [-0.25, -0.2) is 4.79 Å². The first kappa shape index (κ1) is 27.3. The molecule has 0 saturated heterocycles. The van der Waals surface area contributed by atoms with Crippen molar-refractivity contribution in [3.63, 3.8) is 0 Å². The van der Waals surface area contributed by atoms with Gasteiger partial charge in [0.2, 0.25) is 0 Å². The highest BCUT2D eigenvalue weighted by Gasteiger charge is 2.21. The Bertz CT molecular complexity index is 1710. The number of fused-ring (bicyclic) bond motifs is 1. The highest BCUT2D eigenvalue weighted by Crippen LogP contribution is 2.31. The van der Waals surface area contributed by atoms with Crippen molar-refractivity contribution >= 4 is 28.8 Å². The van der Waals surface area contributed by atoms with E-state index in [4.69, 9.17) is 23.4 Å². The number of rotatable bonds is 10. The summed E-state index contributed by atoms with van der Waals surface area (Å²) >= 11 is 0. The summed E-state index contributed by atoms with van der Waals surface area (Å²) in [5.74, 6) is 1.68. The number of aryl methyl sites for hydroxylation is 1. The number of carbonyl (C=O) groups is 2. The molecule has 7 nitrogen and oxygen atoms in total. The van der Waals surface area contributed by atoms with Gasteiger partial charge in [-0.2, -0.15) is 0 Å². The number of methoxy groups -OCH3 is 2. The lowest BCUT2D eigenvalue weighted by Crippen LogP contribution is -2.09. The van der Waals surface area contributed by atoms with Crippen molar-refractivity contribution < 1.29 is 33.0 Å². The minimum atomic E-state index is -0.537. The molecule has 1 aromatic heterocycles. The summed E-state index contributed by atoms with van der Waals surface area (Å²) in [6.07, 6.45) is 3.13. The van der Waals surface area contributed by atoms with E-state index in [1.165, 1.54) is 20.3 Å². The van der Waals surface area contributed by atoms with Crippen LogP contribution in [0.25, 0.3) is 17.0 Å². The highest BCUT2D eigenvalue weighted by molar-refractivity contribution is 6.09. The first-order valence-electron chi connectivity index (χ1n) is 12.9. The second-order valence-corrected chi connectivity index (χ2v) is 9.19. The molecule has 0 spiro atoms. The van der Waals surface area contributed by atoms with Crippen molar-refractivity contribution in [1.29, 1.82) is 0 Å². The van der Waals surface area contributed by atoms with Gasteiger partial charge < -0.3 is 23.4 Å². The van der Waals surface area contributed by atoms with E-state index in [2.05, 4.69) is 0 Å². The van der Waals surface area contributed by atoms with E-state index in [1.807, 2.05) is 36.4 Å². The van der Waals surface area contributed by atoms with Gasteiger partial charge in [-0.05, 0) is 72.7 Å². The molecule has 0 aliphatic rings. The fourth-order valence-electron chi connectivity index (χ4n) is 4.36. The Kier molecular flexibility index (Phi) is 8.15. The van der Waals surface area contributed by atoms with E-state index >= 15 is 0 Å². The molecule has 0 aliphatic heterocycles. The van der Waals surface area contributed by atoms with Gasteiger partial charge in [-0.1, -0.05) is 48.5 Å². The Morgan fingerprint density at radius 1 is 0.805 bits per heavy atom. The SMILES string of the molecule is COc1ccc(OC)c(C(=O)/C=C/c2ccc(OC(=O)c3c(C)oc4ccc(OCc5ccccc5)cc34)cc2)c1. The molecule has 0 aliphatic carbocycles. The number of hydrogen-bond donors (Lipinski definition) is 0. The smallest absolute Gasteiger partial charge is 0.347 e. The second-order valence-electron chi connectivity index (χ2n) is 9.19. The van der Waals surface area contributed by atoms with Crippen LogP contribution < -0.4 is 18.9 Å². The lowest BCUT2D eigenvalue weighted by molar-refractivity contribution is 0.0734. The van der Waals surface area contributed by atoms with Gasteiger partial charge in [0.1, 0.15) is 46.5 Å². The van der Waals surface area contributed by atoms with Gasteiger partial charge in [0, 0.05) is 5.39 Å². The van der Waals surface area contributed by atoms with Crippen molar-refractivity contribution in [2.45, 2.75) is 13.5 Å². The Labute approximate surface area is 237 Å². The van der Waals surface area contributed by atoms with Crippen LogP contribution in [0.3, 0.4) is 0 Å². The third-order valence-electron chi connectivity index (χ3n) is 6.48. The summed E-state index contributed by atoms with van der Waals surface area (Å²) in [6, 6.07) is 27.1. The van der Waals surface area contributed by atoms with Crippen LogP contribution in [-0.2, 0) is 6.61 Å². The van der Waals surface area contributed by atoms with Crippen LogP contribution in [0.1, 0.15) is 37.6 Å². The number of benzene rings is 4. The summed E-state index contributed by atoms with van der Waals surface area (Å²) in [5, 5.41) is 0.615. The number of carbonyl (C=O) groups excluding carboxylic acids is 2. The zero-order valence-electron chi connectivity index (χ0n) is 22.9. The number of ketones is 1. The monoisotopic (exact) mass is 548 g/mol. The van der Waals surface area contributed by atoms with Crippen molar-refractivity contribution in [1.82, 2.24) is 0 Å². The molecule has 0 unspecified atom stereocenters. The number of furan rings is 1. The van der Waals surface area contributed by atoms with Crippen LogP contribution in [0, 0.1) is 6.92 Å². The molecule has 0 fully saturated rings. The maximum atomic E-state index is 13.2. The molecule has 5 aromatic rings. The van der Waals surface area contributed by atoms with Gasteiger partial charge in [-0.3, -0.25) is 4.79 Å². The molecule has 0 amide bonds. The van der Waals surface area contributed by atoms with E-state index in [9.17, 15) is 9.59 Å². The van der Waals surface area contributed by atoms with E-state index in [0.717, 1.165) is 11.1 Å². The Balaban J connectivity index is 1.28. The molecular weight excluding hydrogens is 520 g/mol. The molecule has 5 rings (SSSR count). The zero-order valence-corrected chi connectivity index (χ0v) is 22.9. The number of allylic oxidation sites excluding steroid dienone is 1. The van der Waals surface area contributed by atoms with Crippen LogP contribution in [0.2, 0.25) is 0 Å². The van der Waals surface area contributed by atoms with Gasteiger partial charge in [-0.15, -0.1) is 0 Å². The maximum absolute atomic E-state index is 13.2. The van der Waals surface area contributed by atoms with Gasteiger partial charge in [0.15, 0.2) is 5.78 Å². The summed E-state index contributed by atoms with van der Waals surface area (Å²) in [7, 11) is 3.05. The first-order valence-corrected chi connectivity index (χ1v) is 12.9. The van der Waals surface area contributed by atoms with Gasteiger partial charge in [0.05, 0.1) is 19.8 Å². The topological polar surface area (TPSA) is 84.2 Å². The Morgan fingerprint density at radius 2 is 1.54 bits per heavy atom. The largest absolute Gasteiger partial charge is 0.497 e. The quantitative estimate of drug-likeness (QED) is 0.0775. The third-order valence-corrected chi connectivity index (χ3v) is 6.48. The van der Waals surface area contributed by atoms with E-state index in [1.54, 1.807) is 67.6 Å². The molecule has 0 atom stereocenters. The fraction of sp³-hybridized carbons (Fsp3) is 0.118. The fourth-order valence-corrected chi connectivity index (χ4v) is 4.36. The Morgan fingerprint density at radius 3 is 2.27 bits per heavy atom. The molecule has 0 saturated carbocycles. The van der Waals surface area contributed by atoms with Crippen molar-refractivity contribution in [3.8, 4) is 23.0 Å². The van der Waals surface area contributed by atoms with E-state index in [0.29, 0.717) is 57.5 Å². The molecule has 0 N–H and O–H groups in total. The zero-order chi connectivity index (χ0) is 28.8. The van der Waals surface area contributed by atoms with Crippen LogP contribution in [0.4, 0.5) is 0 Å². The summed E-state index contributed by atoms with van der Waals surface area (Å²) in [4.78, 5) is 25.9. The number of esters is 1. The Hall–Kier alpha value is -5.30. The first-order chi connectivity index (χ1) is 19.9. The van der Waals surface area contributed by atoms with Crippen LogP contribution in [0.5, 0.6) is 23.0 Å². The predicted octanol–water partition coefficient (Wildman–Crippen LogP) is 7.45. The lowest BCUT2D eigenvalue weighted by Gasteiger charge is -2.08. The van der Waals surface area contributed by atoms with E-state index < -0.39 is 5.97 Å². The van der Waals surface area contributed by atoms with Crippen LogP contribution in [0.15, 0.2) is 101 Å². The number of ether oxygens (including phenoxy) is 4. The molecule has 0 radical (unpaired) electrons. The molecule has 1 heterocycles. The average Bonchev–Trinajstić information content (AvgIpc) is 3.34. The molecule has 0 bridgehead atoms. The number of hydrogen-bond acceptors (Lipinski definition) is 7. The minimum absolute atomic E-state index is 0.231. The summed E-state index contributed by atoms with van der Waals surface area (Å²) in [6.45, 7) is 2.13. The highest BCUT2D eigenvalue weighted by atomic mass is 16.5. The molecule has 41 heavy (non-hydrogen) atoms. The van der Waals surface area contributed by atoms with E-state index in [-0.39, 0.29) is 5.78 Å². The van der Waals surface area contributed by atoms with Crippen molar-refractivity contribution in [2.75, 3.05) is 14.2 Å². The molecular formula is C34H28O7. The molecule has 4 aromatic carbocycles. The second kappa shape index (κ2) is 12.3. The molecule has 206 valence electrons. The molecule has 7 heteroatoms. The van der Waals surface area contributed by atoms with Crippen LogP contribution >= 0.6 is 0 Å². The average molecular weight is 549 g/mol. The van der Waals surface area contributed by atoms with Crippen molar-refractivity contribution in [3.05, 3.63) is 125 Å². The summed E-state index contributed by atoms with van der Waals surface area (Å²) in [5.41, 5.74) is 3.10. The third kappa shape index (κ3) is 6.31. The maximum Gasteiger partial charge on any atom is 0.347 e. The standard InChI is InChI=1S/C34H28O7/c1-22-33(29-20-27(15-18-32(29)40-22)39-21-24-7-5-4-6-8-24)34(36)41-25-12-9-23(10-13-25)11-16-30(35)28-19-26(37-2)14-17-31(28)38-3/h4-20H,21H2,1-3H3/b16-11+. The summed E-state index contributed by atoms with van der Waals surface area (Å²) < 4.78 is 27.9. The normalized spacial score (nSPS) is 11.0. The van der Waals surface area contributed by atoms with Crippen LogP contribution in [-0.4, -0.2) is 26.0 Å². The predicted molar refractivity (Wildman–Crippen MR) is 156 cm³/mol. The lowest BCUT2D eigenvalue weighted by atomic mass is 10.1. The van der Waals surface area contributed by atoms with Gasteiger partial charge >= 0.3 is 5.97 Å².